The third-order valence-electron chi connectivity index (χ3n) is 4.82. The molecule has 2 aromatic carbocycles. The Morgan fingerprint density at radius 1 is 1.10 bits per heavy atom. The van der Waals surface area contributed by atoms with E-state index in [4.69, 9.17) is 11.6 Å². The van der Waals surface area contributed by atoms with Gasteiger partial charge in [0, 0.05) is 30.4 Å². The molecule has 0 atom stereocenters. The molecule has 0 aromatic heterocycles. The molecule has 2 aromatic rings. The zero-order valence-corrected chi connectivity index (χ0v) is 16.7. The zero-order valence-electron chi connectivity index (χ0n) is 15.1. The number of benzene rings is 2. The first-order chi connectivity index (χ1) is 13.7. The van der Waals surface area contributed by atoms with Crippen molar-refractivity contribution in [3.05, 3.63) is 53.3 Å². The number of rotatable bonds is 5. The lowest BCUT2D eigenvalue weighted by Crippen LogP contribution is -2.38. The molecule has 1 amide bonds. The van der Waals surface area contributed by atoms with Crippen molar-refractivity contribution in [3.8, 4) is 0 Å². The van der Waals surface area contributed by atoms with Crippen LogP contribution in [0.1, 0.15) is 12.8 Å². The second kappa shape index (κ2) is 8.62. The number of carbonyl (C=O) groups excluding carboxylic acids is 1. The molecule has 3 rings (SSSR count). The van der Waals surface area contributed by atoms with E-state index >= 15 is 0 Å². The van der Waals surface area contributed by atoms with Crippen molar-refractivity contribution in [2.75, 3.05) is 23.3 Å². The molecule has 10 heteroatoms. The highest BCUT2D eigenvalue weighted by Gasteiger charge is 2.28. The van der Waals surface area contributed by atoms with Crippen molar-refractivity contribution in [2.24, 2.45) is 5.92 Å². The van der Waals surface area contributed by atoms with Crippen molar-refractivity contribution < 1.29 is 26.4 Å². The van der Waals surface area contributed by atoms with Crippen LogP contribution in [-0.4, -0.2) is 33.2 Å². The van der Waals surface area contributed by atoms with Crippen LogP contribution in [0.4, 0.5) is 24.5 Å². The van der Waals surface area contributed by atoms with E-state index in [2.05, 4.69) is 5.32 Å². The monoisotopic (exact) mass is 446 g/mol. The fraction of sp³-hybridized carbons (Fsp3) is 0.316. The summed E-state index contributed by atoms with van der Waals surface area (Å²) in [4.78, 5) is 13.9. The van der Waals surface area contributed by atoms with E-state index in [1.807, 2.05) is 4.90 Å². The van der Waals surface area contributed by atoms with Crippen LogP contribution < -0.4 is 10.2 Å². The SMILES string of the molecule is O=C(Nc1ccc(F)c(Cl)c1)C1CCN(c2ccc(S(=O)(=O)C(F)F)cc2)CC1. The predicted octanol–water partition coefficient (Wildman–Crippen LogP) is 4.33. The van der Waals surface area contributed by atoms with Gasteiger partial charge in [-0.05, 0) is 55.3 Å². The first kappa shape index (κ1) is 21.4. The van der Waals surface area contributed by atoms with Gasteiger partial charge in [0.05, 0.1) is 9.92 Å². The van der Waals surface area contributed by atoms with E-state index in [9.17, 15) is 26.4 Å². The van der Waals surface area contributed by atoms with Crippen molar-refractivity contribution >= 4 is 38.7 Å². The Hall–Kier alpha value is -2.26. The lowest BCUT2D eigenvalue weighted by molar-refractivity contribution is -0.120. The number of amides is 1. The second-order valence-corrected chi connectivity index (χ2v) is 9.00. The van der Waals surface area contributed by atoms with Gasteiger partial charge in [-0.25, -0.2) is 12.8 Å². The zero-order chi connectivity index (χ0) is 21.2. The Kier molecular flexibility index (Phi) is 6.38. The quantitative estimate of drug-likeness (QED) is 0.742. The number of piperidine rings is 1. The number of nitrogens with zero attached hydrogens (tertiary/aromatic N) is 1. The third-order valence-corrected chi connectivity index (χ3v) is 6.51. The van der Waals surface area contributed by atoms with Crippen LogP contribution in [-0.2, 0) is 14.6 Å². The van der Waals surface area contributed by atoms with Crippen LogP contribution in [0.2, 0.25) is 5.02 Å². The Balaban J connectivity index is 1.58. The number of nitrogens with one attached hydrogen (secondary N) is 1. The van der Waals surface area contributed by atoms with Crippen LogP contribution in [0.5, 0.6) is 0 Å². The number of hydrogen-bond donors (Lipinski definition) is 1. The first-order valence-corrected chi connectivity index (χ1v) is 10.7. The van der Waals surface area contributed by atoms with Gasteiger partial charge in [-0.1, -0.05) is 11.6 Å². The van der Waals surface area contributed by atoms with Gasteiger partial charge < -0.3 is 10.2 Å². The molecular formula is C19H18ClF3N2O3S. The Labute approximate surface area is 171 Å². The highest BCUT2D eigenvalue weighted by molar-refractivity contribution is 7.91. The molecule has 29 heavy (non-hydrogen) atoms. The molecule has 156 valence electrons. The summed E-state index contributed by atoms with van der Waals surface area (Å²) in [6.07, 6.45) is 1.11. The minimum Gasteiger partial charge on any atom is -0.371 e. The number of sulfone groups is 1. The molecule has 0 unspecified atom stereocenters. The Morgan fingerprint density at radius 3 is 2.28 bits per heavy atom. The maximum atomic E-state index is 13.2. The predicted molar refractivity (Wildman–Crippen MR) is 105 cm³/mol. The molecule has 1 N–H and O–H groups in total. The highest BCUT2D eigenvalue weighted by Crippen LogP contribution is 2.27. The summed E-state index contributed by atoms with van der Waals surface area (Å²) in [5, 5.41) is 2.65. The summed E-state index contributed by atoms with van der Waals surface area (Å²) < 4.78 is 61.4. The molecule has 1 aliphatic rings. The van der Waals surface area contributed by atoms with Gasteiger partial charge >= 0.3 is 5.76 Å². The van der Waals surface area contributed by atoms with Crippen LogP contribution in [0.3, 0.4) is 0 Å². The van der Waals surface area contributed by atoms with E-state index in [1.54, 1.807) is 0 Å². The average molecular weight is 447 g/mol. The maximum absolute atomic E-state index is 13.2. The summed E-state index contributed by atoms with van der Waals surface area (Å²) in [5.41, 5.74) is 1.11. The van der Waals surface area contributed by atoms with E-state index in [0.29, 0.717) is 37.3 Å². The van der Waals surface area contributed by atoms with Crippen molar-refractivity contribution in [2.45, 2.75) is 23.5 Å². The van der Waals surface area contributed by atoms with E-state index in [-0.39, 0.29) is 16.8 Å². The van der Waals surface area contributed by atoms with Gasteiger partial charge in [-0.2, -0.15) is 8.78 Å². The van der Waals surface area contributed by atoms with Crippen molar-refractivity contribution in [1.82, 2.24) is 0 Å². The molecule has 1 heterocycles. The smallest absolute Gasteiger partial charge is 0.341 e. The molecule has 0 spiro atoms. The summed E-state index contributed by atoms with van der Waals surface area (Å²) >= 11 is 5.71. The second-order valence-electron chi connectivity index (χ2n) is 6.68. The molecule has 0 bridgehead atoms. The van der Waals surface area contributed by atoms with E-state index < -0.39 is 26.3 Å². The van der Waals surface area contributed by atoms with Crippen molar-refractivity contribution in [1.29, 1.82) is 0 Å². The number of alkyl halides is 2. The number of anilines is 2. The van der Waals surface area contributed by atoms with Gasteiger partial charge in [-0.15, -0.1) is 0 Å². The molecule has 5 nitrogen and oxygen atoms in total. The number of halogens is 4. The standard InChI is InChI=1S/C19H18ClF3N2O3S/c20-16-11-13(1-6-17(16)21)24-18(26)12-7-9-25(10-8-12)14-2-4-15(5-3-14)29(27,28)19(22)23/h1-6,11-12,19H,7-10H2,(H,24,26). The normalized spacial score (nSPS) is 15.6. The molecule has 0 aliphatic carbocycles. The van der Waals surface area contributed by atoms with E-state index in [1.165, 1.54) is 30.3 Å². The molecule has 1 fully saturated rings. The van der Waals surface area contributed by atoms with Gasteiger partial charge in [0.15, 0.2) is 0 Å². The van der Waals surface area contributed by atoms with Gasteiger partial charge in [0.25, 0.3) is 0 Å². The minimum atomic E-state index is -4.62. The Morgan fingerprint density at radius 2 is 1.72 bits per heavy atom. The van der Waals surface area contributed by atoms with Crippen LogP contribution >= 0.6 is 11.6 Å². The Bertz CT molecular complexity index is 992. The van der Waals surface area contributed by atoms with Gasteiger partial charge in [0.1, 0.15) is 5.82 Å². The first-order valence-electron chi connectivity index (χ1n) is 8.81. The number of carbonyl (C=O) groups is 1. The largest absolute Gasteiger partial charge is 0.371 e. The summed E-state index contributed by atoms with van der Waals surface area (Å²) in [7, 11) is -4.62. The fourth-order valence-corrected chi connectivity index (χ4v) is 4.07. The summed E-state index contributed by atoms with van der Waals surface area (Å²) in [6.45, 7) is 1.09. The summed E-state index contributed by atoms with van der Waals surface area (Å²) in [5.74, 6) is -4.46. The molecular weight excluding hydrogens is 429 g/mol. The van der Waals surface area contributed by atoms with Crippen LogP contribution in [0.15, 0.2) is 47.4 Å². The van der Waals surface area contributed by atoms with E-state index in [0.717, 1.165) is 12.1 Å². The average Bonchev–Trinajstić information content (AvgIpc) is 2.71. The fourth-order valence-electron chi connectivity index (χ4n) is 3.17. The number of hydrogen-bond acceptors (Lipinski definition) is 4. The van der Waals surface area contributed by atoms with Gasteiger partial charge in [-0.3, -0.25) is 4.79 Å². The highest BCUT2D eigenvalue weighted by atomic mass is 35.5. The minimum absolute atomic E-state index is 0.0741. The van der Waals surface area contributed by atoms with Gasteiger partial charge in [0.2, 0.25) is 15.7 Å². The molecule has 1 aliphatic heterocycles. The van der Waals surface area contributed by atoms with Crippen LogP contribution in [0, 0.1) is 11.7 Å². The van der Waals surface area contributed by atoms with Crippen molar-refractivity contribution in [3.63, 3.8) is 0 Å². The third kappa shape index (κ3) is 4.84. The maximum Gasteiger partial charge on any atom is 0.341 e. The lowest BCUT2D eigenvalue weighted by atomic mass is 9.95. The molecule has 1 saturated heterocycles. The topological polar surface area (TPSA) is 66.5 Å². The molecule has 0 radical (unpaired) electrons. The lowest BCUT2D eigenvalue weighted by Gasteiger charge is -2.33. The summed E-state index contributed by atoms with van der Waals surface area (Å²) in [6, 6.07) is 9.24. The van der Waals surface area contributed by atoms with Crippen LogP contribution in [0.25, 0.3) is 0 Å². The molecule has 0 saturated carbocycles.